The fraction of sp³-hybridized carbons (Fsp3) is 0.500. The van der Waals surface area contributed by atoms with E-state index in [2.05, 4.69) is 0 Å². The van der Waals surface area contributed by atoms with E-state index in [0.717, 1.165) is 24.3 Å². The number of allylic oxidation sites excluding steroid dienone is 1. The Morgan fingerprint density at radius 2 is 1.71 bits per heavy atom. The zero-order valence-corrected chi connectivity index (χ0v) is 11.9. The lowest BCUT2D eigenvalue weighted by Gasteiger charge is -2.11. The van der Waals surface area contributed by atoms with Crippen molar-refractivity contribution in [3.63, 3.8) is 0 Å². The topological polar surface area (TPSA) is 121 Å². The smallest absolute Gasteiger partial charge is 0.330 e. The standard InChI is InChI=1S/C14H20O7/c1-9(3-4-11(16)5-7-13(18)19)21-14(20)8-6-12(17)10(2)15/h5-10,12,15,17H,3-4H2,1-2H3,(H,18,19). The molecule has 21 heavy (non-hydrogen) atoms. The van der Waals surface area contributed by atoms with Crippen LogP contribution in [-0.2, 0) is 19.1 Å². The number of hydrogen-bond acceptors (Lipinski definition) is 6. The second kappa shape index (κ2) is 9.84. The highest BCUT2D eigenvalue weighted by atomic mass is 16.5. The fourth-order valence-electron chi connectivity index (χ4n) is 1.23. The molecule has 3 unspecified atom stereocenters. The summed E-state index contributed by atoms with van der Waals surface area (Å²) in [5, 5.41) is 26.6. The summed E-state index contributed by atoms with van der Waals surface area (Å²) in [6.07, 6.45) is 1.43. The first kappa shape index (κ1) is 19.0. The summed E-state index contributed by atoms with van der Waals surface area (Å²) < 4.78 is 4.95. The van der Waals surface area contributed by atoms with Gasteiger partial charge in [-0.05, 0) is 32.4 Å². The van der Waals surface area contributed by atoms with Gasteiger partial charge < -0.3 is 20.1 Å². The normalized spacial score (nSPS) is 15.8. The second-order valence-electron chi connectivity index (χ2n) is 4.51. The molecule has 0 heterocycles. The molecular formula is C14H20O7. The Hall–Kier alpha value is -1.99. The van der Waals surface area contributed by atoms with Crippen molar-refractivity contribution in [2.75, 3.05) is 0 Å². The highest BCUT2D eigenvalue weighted by Gasteiger charge is 2.11. The van der Waals surface area contributed by atoms with Crippen LogP contribution >= 0.6 is 0 Å². The van der Waals surface area contributed by atoms with E-state index < -0.39 is 30.3 Å². The molecule has 3 N–H and O–H groups in total. The molecule has 118 valence electrons. The van der Waals surface area contributed by atoms with Crippen LogP contribution in [0.25, 0.3) is 0 Å². The molecule has 0 saturated heterocycles. The van der Waals surface area contributed by atoms with Crippen LogP contribution in [-0.4, -0.2) is 51.4 Å². The summed E-state index contributed by atoms with van der Waals surface area (Å²) in [5.41, 5.74) is 0. The maximum Gasteiger partial charge on any atom is 0.330 e. The summed E-state index contributed by atoms with van der Waals surface area (Å²) in [6.45, 7) is 2.96. The van der Waals surface area contributed by atoms with Gasteiger partial charge in [0.05, 0.1) is 18.3 Å². The van der Waals surface area contributed by atoms with Crippen molar-refractivity contribution in [2.24, 2.45) is 0 Å². The number of ether oxygens (including phenoxy) is 1. The van der Waals surface area contributed by atoms with Gasteiger partial charge in [-0.25, -0.2) is 9.59 Å². The predicted octanol–water partition coefficient (Wildman–Crippen LogP) is 0.206. The van der Waals surface area contributed by atoms with Gasteiger partial charge in [-0.3, -0.25) is 4.79 Å². The number of hydrogen-bond donors (Lipinski definition) is 3. The van der Waals surface area contributed by atoms with Crippen molar-refractivity contribution in [1.82, 2.24) is 0 Å². The number of carbonyl (C=O) groups is 3. The highest BCUT2D eigenvalue weighted by molar-refractivity contribution is 5.95. The van der Waals surface area contributed by atoms with Crippen molar-refractivity contribution >= 4 is 17.7 Å². The monoisotopic (exact) mass is 300 g/mol. The van der Waals surface area contributed by atoms with E-state index in [4.69, 9.17) is 14.9 Å². The van der Waals surface area contributed by atoms with Crippen molar-refractivity contribution in [3.05, 3.63) is 24.3 Å². The number of carboxylic acid groups (broad SMARTS) is 1. The summed E-state index contributed by atoms with van der Waals surface area (Å²) in [7, 11) is 0. The van der Waals surface area contributed by atoms with Crippen molar-refractivity contribution in [2.45, 2.75) is 45.0 Å². The lowest BCUT2D eigenvalue weighted by Crippen LogP contribution is -2.20. The lowest BCUT2D eigenvalue weighted by molar-refractivity contribution is -0.143. The third-order valence-corrected chi connectivity index (χ3v) is 2.45. The maximum absolute atomic E-state index is 11.4. The van der Waals surface area contributed by atoms with E-state index in [-0.39, 0.29) is 18.6 Å². The molecule has 0 aliphatic carbocycles. The predicted molar refractivity (Wildman–Crippen MR) is 73.4 cm³/mol. The Bertz CT molecular complexity index is 423. The molecule has 0 radical (unpaired) electrons. The van der Waals surface area contributed by atoms with E-state index in [1.165, 1.54) is 6.92 Å². The third-order valence-electron chi connectivity index (χ3n) is 2.45. The van der Waals surface area contributed by atoms with E-state index in [9.17, 15) is 19.5 Å². The van der Waals surface area contributed by atoms with Crippen molar-refractivity contribution in [1.29, 1.82) is 0 Å². The van der Waals surface area contributed by atoms with Crippen LogP contribution in [0, 0.1) is 0 Å². The molecule has 7 nitrogen and oxygen atoms in total. The quantitative estimate of drug-likeness (QED) is 0.411. The van der Waals surface area contributed by atoms with Gasteiger partial charge in [0.2, 0.25) is 0 Å². The number of aliphatic carboxylic acids is 1. The number of aliphatic hydroxyl groups is 2. The number of esters is 1. The molecule has 3 atom stereocenters. The number of aliphatic hydroxyl groups excluding tert-OH is 2. The second-order valence-corrected chi connectivity index (χ2v) is 4.51. The minimum absolute atomic E-state index is 0.0538. The van der Waals surface area contributed by atoms with Crippen LogP contribution in [0.4, 0.5) is 0 Å². The molecule has 0 aliphatic rings. The molecule has 0 aromatic heterocycles. The minimum atomic E-state index is -1.20. The van der Waals surface area contributed by atoms with Crippen LogP contribution in [0.15, 0.2) is 24.3 Å². The molecule has 0 aliphatic heterocycles. The Balaban J connectivity index is 4.09. The fourth-order valence-corrected chi connectivity index (χ4v) is 1.23. The number of rotatable bonds is 9. The number of ketones is 1. The van der Waals surface area contributed by atoms with Gasteiger partial charge in [0.15, 0.2) is 5.78 Å². The molecule has 0 amide bonds. The largest absolute Gasteiger partial charge is 0.478 e. The van der Waals surface area contributed by atoms with Gasteiger partial charge in [0, 0.05) is 18.6 Å². The van der Waals surface area contributed by atoms with E-state index in [1.54, 1.807) is 6.92 Å². The van der Waals surface area contributed by atoms with Crippen LogP contribution in [0.2, 0.25) is 0 Å². The SMILES string of the molecule is CC(CCC(=O)C=CC(=O)O)OC(=O)C=CC(O)C(C)O. The van der Waals surface area contributed by atoms with Gasteiger partial charge in [-0.1, -0.05) is 0 Å². The number of carbonyl (C=O) groups excluding carboxylic acids is 2. The molecule has 0 spiro atoms. The molecule has 0 aromatic rings. The van der Waals surface area contributed by atoms with E-state index in [1.807, 2.05) is 0 Å². The van der Waals surface area contributed by atoms with Crippen LogP contribution in [0.1, 0.15) is 26.7 Å². The lowest BCUT2D eigenvalue weighted by atomic mass is 10.1. The van der Waals surface area contributed by atoms with Gasteiger partial charge in [-0.15, -0.1) is 0 Å². The molecule has 0 rings (SSSR count). The minimum Gasteiger partial charge on any atom is -0.478 e. The third kappa shape index (κ3) is 10.5. The summed E-state index contributed by atoms with van der Waals surface area (Å²) in [5.74, 6) is -2.28. The maximum atomic E-state index is 11.4. The van der Waals surface area contributed by atoms with Gasteiger partial charge in [0.25, 0.3) is 0 Å². The highest BCUT2D eigenvalue weighted by Crippen LogP contribution is 2.04. The first-order valence-corrected chi connectivity index (χ1v) is 6.41. The molecule has 0 fully saturated rings. The van der Waals surface area contributed by atoms with E-state index >= 15 is 0 Å². The van der Waals surface area contributed by atoms with Gasteiger partial charge in [0.1, 0.15) is 0 Å². The molecule has 0 aromatic carbocycles. The first-order chi connectivity index (χ1) is 9.72. The van der Waals surface area contributed by atoms with Crippen molar-refractivity contribution < 1.29 is 34.4 Å². The van der Waals surface area contributed by atoms with Crippen LogP contribution < -0.4 is 0 Å². The Kier molecular flexibility index (Phi) is 8.91. The Morgan fingerprint density at radius 3 is 2.24 bits per heavy atom. The zero-order valence-electron chi connectivity index (χ0n) is 11.9. The average molecular weight is 300 g/mol. The molecule has 7 heteroatoms. The van der Waals surface area contributed by atoms with Crippen LogP contribution in [0.5, 0.6) is 0 Å². The molecule has 0 saturated carbocycles. The summed E-state index contributed by atoms with van der Waals surface area (Å²) in [4.78, 5) is 32.8. The molecular weight excluding hydrogens is 280 g/mol. The van der Waals surface area contributed by atoms with Crippen LogP contribution in [0.3, 0.4) is 0 Å². The van der Waals surface area contributed by atoms with Gasteiger partial charge in [-0.2, -0.15) is 0 Å². The molecule has 0 bridgehead atoms. The van der Waals surface area contributed by atoms with E-state index in [0.29, 0.717) is 0 Å². The Morgan fingerprint density at radius 1 is 1.10 bits per heavy atom. The van der Waals surface area contributed by atoms with Gasteiger partial charge >= 0.3 is 11.9 Å². The zero-order chi connectivity index (χ0) is 16.4. The van der Waals surface area contributed by atoms with Crippen molar-refractivity contribution in [3.8, 4) is 0 Å². The summed E-state index contributed by atoms with van der Waals surface area (Å²) >= 11 is 0. The first-order valence-electron chi connectivity index (χ1n) is 6.41. The Labute approximate surface area is 122 Å². The summed E-state index contributed by atoms with van der Waals surface area (Å²) in [6, 6.07) is 0. The number of carboxylic acids is 1. The average Bonchev–Trinajstić information content (AvgIpc) is 2.39.